The number of carbonyl (C=O) groups is 1. The first-order valence-corrected chi connectivity index (χ1v) is 11.7. The summed E-state index contributed by atoms with van der Waals surface area (Å²) in [6.45, 7) is 5.52. The summed E-state index contributed by atoms with van der Waals surface area (Å²) in [4.78, 5) is 25.3. The summed E-state index contributed by atoms with van der Waals surface area (Å²) in [6, 6.07) is 5.82. The minimum absolute atomic E-state index is 0.178. The molecule has 1 amide bonds. The van der Waals surface area contributed by atoms with Crippen molar-refractivity contribution in [1.29, 1.82) is 0 Å². The zero-order valence-corrected chi connectivity index (χ0v) is 17.5. The number of hydrogen-bond donors (Lipinski definition) is 1. The number of nitrogens with one attached hydrogen (secondary N) is 1. The second-order valence-corrected chi connectivity index (χ2v) is 9.78. The third-order valence-corrected chi connectivity index (χ3v) is 7.71. The van der Waals surface area contributed by atoms with Crippen LogP contribution in [-0.4, -0.2) is 58.4 Å². The molecule has 5 nitrogen and oxygen atoms in total. The summed E-state index contributed by atoms with van der Waals surface area (Å²) in [7, 11) is 0. The lowest BCUT2D eigenvalue weighted by molar-refractivity contribution is 0.0674. The molecule has 2 aliphatic heterocycles. The number of aromatic amines is 1. The molecule has 5 heteroatoms. The van der Waals surface area contributed by atoms with Gasteiger partial charge in [0, 0.05) is 30.6 Å². The van der Waals surface area contributed by atoms with Crippen LogP contribution in [0.15, 0.2) is 24.5 Å². The van der Waals surface area contributed by atoms with Gasteiger partial charge in [-0.15, -0.1) is 0 Å². The molecule has 1 aromatic carbocycles. The van der Waals surface area contributed by atoms with E-state index >= 15 is 0 Å². The van der Waals surface area contributed by atoms with Crippen molar-refractivity contribution in [2.75, 3.05) is 32.7 Å². The summed E-state index contributed by atoms with van der Waals surface area (Å²) in [5.41, 5.74) is 2.96. The standard InChI is InChI=1S/C24H34N4O/c29-23(20-7-8-21-22(15-20)26-18-25-21)28-14-11-24(17-28)10-4-12-27(16-24)13-9-19-5-2-1-3-6-19/h7-8,15,18-19H,1-6,9-14,16-17H2,(H,25,26)/t24-/m1/s1. The van der Waals surface area contributed by atoms with E-state index in [2.05, 4.69) is 19.8 Å². The number of carbonyl (C=O) groups excluding carboxylic acids is 1. The Morgan fingerprint density at radius 1 is 1.10 bits per heavy atom. The van der Waals surface area contributed by atoms with E-state index in [0.29, 0.717) is 5.41 Å². The Kier molecular flexibility index (Phi) is 5.33. The highest BCUT2D eigenvalue weighted by Gasteiger charge is 2.42. The quantitative estimate of drug-likeness (QED) is 0.833. The van der Waals surface area contributed by atoms with Crippen LogP contribution < -0.4 is 0 Å². The van der Waals surface area contributed by atoms with Gasteiger partial charge in [-0.2, -0.15) is 0 Å². The average Bonchev–Trinajstić information content (AvgIpc) is 3.39. The van der Waals surface area contributed by atoms with E-state index in [0.717, 1.165) is 42.0 Å². The van der Waals surface area contributed by atoms with Crippen LogP contribution >= 0.6 is 0 Å². The Morgan fingerprint density at radius 2 is 2.00 bits per heavy atom. The van der Waals surface area contributed by atoms with Crippen molar-refractivity contribution in [2.45, 2.75) is 57.8 Å². The Balaban J connectivity index is 1.20. The zero-order chi connectivity index (χ0) is 19.7. The SMILES string of the molecule is O=C(c1ccc2nc[nH]c2c1)N1CC[C@@]2(CCCN(CCC3CCCCC3)C2)C1. The molecular weight excluding hydrogens is 360 g/mol. The molecule has 2 saturated heterocycles. The smallest absolute Gasteiger partial charge is 0.253 e. The number of likely N-dealkylation sites (tertiary alicyclic amines) is 2. The van der Waals surface area contributed by atoms with Crippen LogP contribution in [0.3, 0.4) is 0 Å². The maximum Gasteiger partial charge on any atom is 0.253 e. The fourth-order valence-corrected chi connectivity index (χ4v) is 6.03. The lowest BCUT2D eigenvalue weighted by atomic mass is 9.79. The van der Waals surface area contributed by atoms with Gasteiger partial charge in [0.15, 0.2) is 0 Å². The predicted octanol–water partition coefficient (Wildman–Crippen LogP) is 4.46. The van der Waals surface area contributed by atoms with Crippen molar-refractivity contribution in [1.82, 2.24) is 19.8 Å². The van der Waals surface area contributed by atoms with Crippen molar-refractivity contribution in [3.8, 4) is 0 Å². The lowest BCUT2D eigenvalue weighted by Gasteiger charge is -2.41. The molecule has 1 saturated carbocycles. The molecule has 2 aromatic rings. The number of nitrogens with zero attached hydrogens (tertiary/aromatic N) is 3. The van der Waals surface area contributed by atoms with Gasteiger partial charge in [0.1, 0.15) is 0 Å². The number of piperidine rings is 1. The van der Waals surface area contributed by atoms with Crippen LogP contribution in [-0.2, 0) is 0 Å². The highest BCUT2D eigenvalue weighted by molar-refractivity contribution is 5.97. The predicted molar refractivity (Wildman–Crippen MR) is 116 cm³/mol. The van der Waals surface area contributed by atoms with E-state index in [1.807, 2.05) is 18.2 Å². The van der Waals surface area contributed by atoms with Gasteiger partial charge in [-0.3, -0.25) is 4.79 Å². The van der Waals surface area contributed by atoms with Gasteiger partial charge in [0.2, 0.25) is 0 Å². The molecule has 156 valence electrons. The molecule has 1 spiro atoms. The van der Waals surface area contributed by atoms with E-state index < -0.39 is 0 Å². The van der Waals surface area contributed by atoms with Gasteiger partial charge < -0.3 is 14.8 Å². The largest absolute Gasteiger partial charge is 0.345 e. The molecule has 29 heavy (non-hydrogen) atoms. The Labute approximate surface area is 173 Å². The van der Waals surface area contributed by atoms with Crippen LogP contribution in [0.5, 0.6) is 0 Å². The Bertz CT molecular complexity index is 855. The first-order valence-electron chi connectivity index (χ1n) is 11.7. The van der Waals surface area contributed by atoms with E-state index in [1.54, 1.807) is 6.33 Å². The highest BCUT2D eigenvalue weighted by Crippen LogP contribution is 2.40. The van der Waals surface area contributed by atoms with Gasteiger partial charge in [0.25, 0.3) is 5.91 Å². The minimum Gasteiger partial charge on any atom is -0.345 e. The van der Waals surface area contributed by atoms with E-state index in [9.17, 15) is 4.79 Å². The normalized spacial score (nSPS) is 26.6. The molecule has 1 N–H and O–H groups in total. The number of aromatic nitrogens is 2. The second-order valence-electron chi connectivity index (χ2n) is 9.78. The van der Waals surface area contributed by atoms with Crippen LogP contribution in [0.4, 0.5) is 0 Å². The van der Waals surface area contributed by atoms with Gasteiger partial charge in [-0.1, -0.05) is 32.1 Å². The summed E-state index contributed by atoms with van der Waals surface area (Å²) in [6.07, 6.45) is 14.0. The second kappa shape index (κ2) is 8.10. The average molecular weight is 395 g/mol. The van der Waals surface area contributed by atoms with Gasteiger partial charge >= 0.3 is 0 Å². The molecule has 0 radical (unpaired) electrons. The molecule has 1 aliphatic carbocycles. The molecule has 0 unspecified atom stereocenters. The minimum atomic E-state index is 0.178. The zero-order valence-electron chi connectivity index (χ0n) is 17.5. The number of benzene rings is 1. The van der Waals surface area contributed by atoms with E-state index in [-0.39, 0.29) is 5.91 Å². The topological polar surface area (TPSA) is 52.2 Å². The fourth-order valence-electron chi connectivity index (χ4n) is 6.03. The summed E-state index contributed by atoms with van der Waals surface area (Å²) in [5.74, 6) is 1.14. The lowest BCUT2D eigenvalue weighted by Crippen LogP contribution is -2.45. The maximum absolute atomic E-state index is 13.1. The molecule has 1 atom stereocenters. The first-order chi connectivity index (χ1) is 14.2. The third kappa shape index (κ3) is 4.07. The van der Waals surface area contributed by atoms with E-state index in [4.69, 9.17) is 0 Å². The number of amides is 1. The molecular formula is C24H34N4O. The van der Waals surface area contributed by atoms with Crippen molar-refractivity contribution < 1.29 is 4.79 Å². The molecule has 3 fully saturated rings. The molecule has 0 bridgehead atoms. The number of rotatable bonds is 4. The summed E-state index contributed by atoms with van der Waals surface area (Å²) in [5, 5.41) is 0. The highest BCUT2D eigenvalue weighted by atomic mass is 16.2. The van der Waals surface area contributed by atoms with Crippen molar-refractivity contribution in [3.63, 3.8) is 0 Å². The van der Waals surface area contributed by atoms with Gasteiger partial charge in [-0.05, 0) is 62.9 Å². The number of H-pyrrole nitrogens is 1. The van der Waals surface area contributed by atoms with Crippen molar-refractivity contribution in [2.24, 2.45) is 11.3 Å². The Morgan fingerprint density at radius 3 is 2.90 bits per heavy atom. The summed E-state index contributed by atoms with van der Waals surface area (Å²) >= 11 is 0. The van der Waals surface area contributed by atoms with Crippen LogP contribution in [0, 0.1) is 11.3 Å². The third-order valence-electron chi connectivity index (χ3n) is 7.71. The molecule has 5 rings (SSSR count). The number of imidazole rings is 1. The fraction of sp³-hybridized carbons (Fsp3) is 0.667. The number of fused-ring (bicyclic) bond motifs is 1. The molecule has 1 aromatic heterocycles. The molecule has 3 aliphatic rings. The molecule has 3 heterocycles. The summed E-state index contributed by atoms with van der Waals surface area (Å²) < 4.78 is 0. The van der Waals surface area contributed by atoms with Crippen molar-refractivity contribution >= 4 is 16.9 Å². The van der Waals surface area contributed by atoms with Crippen LogP contribution in [0.1, 0.15) is 68.1 Å². The van der Waals surface area contributed by atoms with Crippen LogP contribution in [0.2, 0.25) is 0 Å². The monoisotopic (exact) mass is 394 g/mol. The van der Waals surface area contributed by atoms with E-state index in [1.165, 1.54) is 71.0 Å². The maximum atomic E-state index is 13.1. The van der Waals surface area contributed by atoms with Gasteiger partial charge in [-0.25, -0.2) is 4.98 Å². The van der Waals surface area contributed by atoms with Crippen molar-refractivity contribution in [3.05, 3.63) is 30.1 Å². The van der Waals surface area contributed by atoms with Crippen LogP contribution in [0.25, 0.3) is 11.0 Å². The van der Waals surface area contributed by atoms with Gasteiger partial charge in [0.05, 0.1) is 17.4 Å². The first kappa shape index (κ1) is 19.1. The Hall–Kier alpha value is -1.88. The number of hydrogen-bond acceptors (Lipinski definition) is 3.